The van der Waals surface area contributed by atoms with Gasteiger partial charge in [0.2, 0.25) is 0 Å². The second-order valence-electron chi connectivity index (χ2n) is 10.5. The average Bonchev–Trinajstić information content (AvgIpc) is 3.37. The summed E-state index contributed by atoms with van der Waals surface area (Å²) in [6.45, 7) is 8.39. The van der Waals surface area contributed by atoms with Crippen molar-refractivity contribution in [1.82, 2.24) is 4.57 Å². The van der Waals surface area contributed by atoms with Gasteiger partial charge in [-0.3, -0.25) is 9.36 Å². The number of aromatic nitrogens is 1. The summed E-state index contributed by atoms with van der Waals surface area (Å²) < 4.78 is 30.4. The number of allylic oxidation sites excluding steroid dienone is 1. The highest BCUT2D eigenvalue weighted by Gasteiger charge is 2.33. The van der Waals surface area contributed by atoms with E-state index in [1.54, 1.807) is 61.7 Å². The van der Waals surface area contributed by atoms with Crippen molar-refractivity contribution < 1.29 is 33.3 Å². The predicted octanol–water partition coefficient (Wildman–Crippen LogP) is 5.72. The first-order valence-electron chi connectivity index (χ1n) is 15.4. The zero-order valence-electron chi connectivity index (χ0n) is 27.2. The number of benzene rings is 3. The molecule has 0 aliphatic carbocycles. The maximum Gasteiger partial charge on any atom is 0.338 e. The topological polar surface area (TPSA) is 115 Å². The van der Waals surface area contributed by atoms with Crippen LogP contribution in [-0.4, -0.2) is 43.4 Å². The SMILES string of the molecule is CCOC(=O)C1=C(C)N=c2s/c(=C\c3cc(Br)c(OCc4ccc(C(=O)OCC)cc4)c(OC)c3)c(=O)n2[C@H]1c1ccc(OCC)cc1. The quantitative estimate of drug-likeness (QED) is 0.170. The van der Waals surface area contributed by atoms with Gasteiger partial charge in [0.15, 0.2) is 16.3 Å². The van der Waals surface area contributed by atoms with E-state index in [2.05, 4.69) is 20.9 Å². The zero-order valence-corrected chi connectivity index (χ0v) is 29.6. The first kappa shape index (κ1) is 34.6. The molecule has 5 rings (SSSR count). The third-order valence-electron chi connectivity index (χ3n) is 7.42. The number of halogens is 1. The standard InChI is InChI=1S/C36H35BrN2O8S/c1-6-44-26-15-13-24(14-16-26)31-30(35(42)46-8-3)21(4)38-36-39(31)33(40)29(48-36)19-23-17-27(37)32(28(18-23)43-5)47-20-22-9-11-25(12-10-22)34(41)45-7-2/h9-19,31H,6-8,20H2,1-5H3/b29-19-/t31-/m0/s1. The Labute approximate surface area is 290 Å². The Hall–Kier alpha value is -4.68. The molecule has 0 radical (unpaired) electrons. The van der Waals surface area contributed by atoms with Gasteiger partial charge in [0.25, 0.3) is 5.56 Å². The Balaban J connectivity index is 1.49. The van der Waals surface area contributed by atoms with E-state index < -0.39 is 12.0 Å². The second kappa shape index (κ2) is 15.5. The molecular weight excluding hydrogens is 700 g/mol. The molecule has 0 fully saturated rings. The molecule has 250 valence electrons. The third-order valence-corrected chi connectivity index (χ3v) is 8.99. The maximum absolute atomic E-state index is 14.1. The number of nitrogens with zero attached hydrogens (tertiary/aromatic N) is 2. The third kappa shape index (κ3) is 7.39. The number of rotatable bonds is 12. The molecule has 1 aliphatic rings. The number of hydrogen-bond acceptors (Lipinski definition) is 10. The highest BCUT2D eigenvalue weighted by atomic mass is 79.9. The lowest BCUT2D eigenvalue weighted by atomic mass is 9.96. The summed E-state index contributed by atoms with van der Waals surface area (Å²) in [5, 5.41) is 0. The molecule has 0 bridgehead atoms. The summed E-state index contributed by atoms with van der Waals surface area (Å²) >= 11 is 4.83. The fourth-order valence-electron chi connectivity index (χ4n) is 5.24. The smallest absolute Gasteiger partial charge is 0.338 e. The van der Waals surface area contributed by atoms with Gasteiger partial charge in [-0.1, -0.05) is 35.6 Å². The van der Waals surface area contributed by atoms with E-state index in [-0.39, 0.29) is 24.7 Å². The number of carbonyl (C=O) groups excluding carboxylic acids is 2. The molecule has 0 spiro atoms. The fourth-order valence-corrected chi connectivity index (χ4v) is 6.86. The average molecular weight is 736 g/mol. The van der Waals surface area contributed by atoms with Gasteiger partial charge < -0.3 is 23.7 Å². The number of carbonyl (C=O) groups is 2. The summed E-state index contributed by atoms with van der Waals surface area (Å²) in [5.74, 6) is 0.727. The number of thiazole rings is 1. The molecule has 1 aromatic heterocycles. The van der Waals surface area contributed by atoms with Crippen LogP contribution in [0.2, 0.25) is 0 Å². The van der Waals surface area contributed by atoms with Gasteiger partial charge in [0.1, 0.15) is 12.4 Å². The molecule has 2 heterocycles. The maximum atomic E-state index is 14.1. The van der Waals surface area contributed by atoms with Crippen molar-refractivity contribution in [3.63, 3.8) is 0 Å². The summed E-state index contributed by atoms with van der Waals surface area (Å²) in [5.41, 5.74) is 3.23. The molecule has 3 aromatic carbocycles. The van der Waals surface area contributed by atoms with Crippen LogP contribution in [0.1, 0.15) is 60.8 Å². The van der Waals surface area contributed by atoms with E-state index in [1.165, 1.54) is 18.4 Å². The van der Waals surface area contributed by atoms with Crippen LogP contribution < -0.4 is 29.1 Å². The highest BCUT2D eigenvalue weighted by molar-refractivity contribution is 9.10. The van der Waals surface area contributed by atoms with E-state index >= 15 is 0 Å². The largest absolute Gasteiger partial charge is 0.494 e. The zero-order chi connectivity index (χ0) is 34.4. The van der Waals surface area contributed by atoms with Crippen molar-refractivity contribution in [2.24, 2.45) is 4.99 Å². The molecule has 0 amide bonds. The lowest BCUT2D eigenvalue weighted by Crippen LogP contribution is -2.39. The Morgan fingerprint density at radius 3 is 2.27 bits per heavy atom. The van der Waals surface area contributed by atoms with Crippen LogP contribution in [0.3, 0.4) is 0 Å². The number of hydrogen-bond donors (Lipinski definition) is 0. The van der Waals surface area contributed by atoms with E-state index in [1.807, 2.05) is 37.3 Å². The van der Waals surface area contributed by atoms with E-state index in [9.17, 15) is 14.4 Å². The lowest BCUT2D eigenvalue weighted by molar-refractivity contribution is -0.139. The molecule has 4 aromatic rings. The molecule has 48 heavy (non-hydrogen) atoms. The normalized spacial score (nSPS) is 14.2. The molecule has 0 unspecified atom stereocenters. The molecular formula is C36H35BrN2O8S. The van der Waals surface area contributed by atoms with Gasteiger partial charge in [-0.25, -0.2) is 14.6 Å². The van der Waals surface area contributed by atoms with Crippen molar-refractivity contribution in [2.75, 3.05) is 26.9 Å². The van der Waals surface area contributed by atoms with Gasteiger partial charge in [-0.2, -0.15) is 0 Å². The van der Waals surface area contributed by atoms with Crippen LogP contribution in [-0.2, 0) is 20.9 Å². The summed E-state index contributed by atoms with van der Waals surface area (Å²) in [7, 11) is 1.54. The monoisotopic (exact) mass is 734 g/mol. The summed E-state index contributed by atoms with van der Waals surface area (Å²) in [6.07, 6.45) is 1.76. The lowest BCUT2D eigenvalue weighted by Gasteiger charge is -2.24. The number of esters is 2. The molecule has 1 aliphatic heterocycles. The molecule has 12 heteroatoms. The van der Waals surface area contributed by atoms with Crippen molar-refractivity contribution in [3.05, 3.63) is 118 Å². The Kier molecular flexibility index (Phi) is 11.2. The van der Waals surface area contributed by atoms with Crippen LogP contribution in [0.4, 0.5) is 0 Å². The van der Waals surface area contributed by atoms with Gasteiger partial charge in [-0.05, 0) is 103 Å². The van der Waals surface area contributed by atoms with Crippen molar-refractivity contribution >= 4 is 45.3 Å². The van der Waals surface area contributed by atoms with Crippen LogP contribution in [0.5, 0.6) is 17.2 Å². The second-order valence-corrected chi connectivity index (χ2v) is 12.4. The van der Waals surface area contributed by atoms with Gasteiger partial charge >= 0.3 is 11.9 Å². The van der Waals surface area contributed by atoms with Crippen molar-refractivity contribution in [2.45, 2.75) is 40.3 Å². The van der Waals surface area contributed by atoms with Gasteiger partial charge in [-0.15, -0.1) is 0 Å². The minimum Gasteiger partial charge on any atom is -0.494 e. The molecule has 10 nitrogen and oxygen atoms in total. The number of fused-ring (bicyclic) bond motifs is 1. The van der Waals surface area contributed by atoms with Crippen LogP contribution in [0.25, 0.3) is 6.08 Å². The van der Waals surface area contributed by atoms with Crippen LogP contribution in [0, 0.1) is 0 Å². The van der Waals surface area contributed by atoms with E-state index in [4.69, 9.17) is 23.7 Å². The number of ether oxygens (including phenoxy) is 5. The molecule has 0 saturated carbocycles. The minimum absolute atomic E-state index is 0.189. The Morgan fingerprint density at radius 1 is 0.938 bits per heavy atom. The van der Waals surface area contributed by atoms with Crippen LogP contribution in [0.15, 0.2) is 86.2 Å². The van der Waals surface area contributed by atoms with Crippen LogP contribution >= 0.6 is 27.3 Å². The highest BCUT2D eigenvalue weighted by Crippen LogP contribution is 2.37. The van der Waals surface area contributed by atoms with Gasteiger partial charge in [0.05, 0.1) is 58.8 Å². The van der Waals surface area contributed by atoms with Gasteiger partial charge in [0, 0.05) is 0 Å². The van der Waals surface area contributed by atoms with E-state index in [0.717, 1.165) is 11.1 Å². The molecule has 1 atom stereocenters. The first-order chi connectivity index (χ1) is 23.2. The molecule has 0 N–H and O–H groups in total. The van der Waals surface area contributed by atoms with Crippen molar-refractivity contribution in [3.8, 4) is 17.2 Å². The van der Waals surface area contributed by atoms with E-state index in [0.29, 0.717) is 66.7 Å². The molecule has 0 saturated heterocycles. The van der Waals surface area contributed by atoms with Crippen molar-refractivity contribution in [1.29, 1.82) is 0 Å². The fraction of sp³-hybridized carbons (Fsp3) is 0.278. The number of methoxy groups -OCH3 is 1. The summed E-state index contributed by atoms with van der Waals surface area (Å²) in [4.78, 5) is 44.3. The Bertz CT molecular complexity index is 2030. The minimum atomic E-state index is -0.735. The predicted molar refractivity (Wildman–Crippen MR) is 185 cm³/mol. The Morgan fingerprint density at radius 2 is 1.62 bits per heavy atom. The summed E-state index contributed by atoms with van der Waals surface area (Å²) in [6, 6.07) is 17.2. The first-order valence-corrected chi connectivity index (χ1v) is 17.0.